The van der Waals surface area contributed by atoms with Gasteiger partial charge in [0.1, 0.15) is 0 Å². The van der Waals surface area contributed by atoms with Gasteiger partial charge in [-0.1, -0.05) is 36.2 Å². The second kappa shape index (κ2) is 8.45. The maximum Gasteiger partial charge on any atom is 0.237 e. The highest BCUT2D eigenvalue weighted by Gasteiger charge is 2.36. The quantitative estimate of drug-likeness (QED) is 0.828. The molecule has 2 fully saturated rings. The van der Waals surface area contributed by atoms with Crippen molar-refractivity contribution in [1.82, 2.24) is 9.80 Å². The zero-order chi connectivity index (χ0) is 17.3. The van der Waals surface area contributed by atoms with Crippen molar-refractivity contribution in [1.29, 1.82) is 0 Å². The van der Waals surface area contributed by atoms with Crippen molar-refractivity contribution in [3.63, 3.8) is 0 Å². The van der Waals surface area contributed by atoms with Crippen molar-refractivity contribution in [3.8, 4) is 0 Å². The highest BCUT2D eigenvalue weighted by Crippen LogP contribution is 2.35. The van der Waals surface area contributed by atoms with E-state index in [0.29, 0.717) is 23.1 Å². The van der Waals surface area contributed by atoms with Gasteiger partial charge in [0.2, 0.25) is 5.91 Å². The number of halogens is 3. The van der Waals surface area contributed by atoms with Crippen LogP contribution >= 0.6 is 35.6 Å². The summed E-state index contributed by atoms with van der Waals surface area (Å²) in [5.41, 5.74) is 7.08. The van der Waals surface area contributed by atoms with E-state index in [0.717, 1.165) is 44.5 Å². The summed E-state index contributed by atoms with van der Waals surface area (Å²) < 4.78 is 0. The summed E-state index contributed by atoms with van der Waals surface area (Å²) in [5.74, 6) is 0.199. The number of hydrogen-bond donors (Lipinski definition) is 1. The van der Waals surface area contributed by atoms with Crippen molar-refractivity contribution in [3.05, 3.63) is 33.8 Å². The Bertz CT molecular complexity index is 628. The van der Waals surface area contributed by atoms with Crippen LogP contribution in [0.1, 0.15) is 37.8 Å². The van der Waals surface area contributed by atoms with E-state index >= 15 is 0 Å². The Labute approximate surface area is 166 Å². The largest absolute Gasteiger partial charge is 0.335 e. The summed E-state index contributed by atoms with van der Waals surface area (Å²) in [7, 11) is 0. The first-order chi connectivity index (χ1) is 11.4. The van der Waals surface area contributed by atoms with Crippen LogP contribution in [0, 0.1) is 5.41 Å². The van der Waals surface area contributed by atoms with Gasteiger partial charge in [0, 0.05) is 13.1 Å². The standard InChI is InChI=1S/C18H25Cl2N3O.ClH/c1-18(11-21)6-8-22(12-18)10-17(24)23-7-2-3-16(23)13-4-5-14(19)15(20)9-13;/h4-5,9,16H,2-3,6-8,10-12,21H2,1H3;1H. The van der Waals surface area contributed by atoms with Gasteiger partial charge in [0.15, 0.2) is 0 Å². The first-order valence-electron chi connectivity index (χ1n) is 8.59. The topological polar surface area (TPSA) is 49.6 Å². The van der Waals surface area contributed by atoms with E-state index in [1.165, 1.54) is 0 Å². The molecule has 2 atom stereocenters. The number of carbonyl (C=O) groups is 1. The Kier molecular flexibility index (Phi) is 7.02. The van der Waals surface area contributed by atoms with Gasteiger partial charge in [0.05, 0.1) is 22.6 Å². The van der Waals surface area contributed by atoms with Crippen LogP contribution in [-0.2, 0) is 4.79 Å². The van der Waals surface area contributed by atoms with E-state index in [2.05, 4.69) is 11.8 Å². The molecule has 0 bridgehead atoms. The van der Waals surface area contributed by atoms with Gasteiger partial charge in [-0.2, -0.15) is 0 Å². The minimum atomic E-state index is 0. The second-order valence-corrected chi connectivity index (χ2v) is 8.21. The maximum absolute atomic E-state index is 12.8. The van der Waals surface area contributed by atoms with Crippen molar-refractivity contribution in [2.75, 3.05) is 32.7 Å². The smallest absolute Gasteiger partial charge is 0.237 e. The predicted octanol–water partition coefficient (Wildman–Crippen LogP) is 3.75. The summed E-state index contributed by atoms with van der Waals surface area (Å²) in [6.07, 6.45) is 3.06. The monoisotopic (exact) mass is 405 g/mol. The van der Waals surface area contributed by atoms with E-state index in [9.17, 15) is 4.79 Å². The molecule has 0 aliphatic carbocycles. The van der Waals surface area contributed by atoms with Crippen LogP contribution in [0.25, 0.3) is 0 Å². The lowest BCUT2D eigenvalue weighted by Crippen LogP contribution is -2.40. The zero-order valence-corrected chi connectivity index (χ0v) is 16.8. The highest BCUT2D eigenvalue weighted by atomic mass is 35.5. The number of carbonyl (C=O) groups excluding carboxylic acids is 1. The van der Waals surface area contributed by atoms with E-state index < -0.39 is 0 Å². The van der Waals surface area contributed by atoms with E-state index in [1.807, 2.05) is 23.1 Å². The summed E-state index contributed by atoms with van der Waals surface area (Å²) in [5, 5.41) is 1.10. The van der Waals surface area contributed by atoms with Crippen molar-refractivity contribution in [2.24, 2.45) is 11.1 Å². The van der Waals surface area contributed by atoms with Crippen molar-refractivity contribution < 1.29 is 4.79 Å². The Morgan fingerprint density at radius 1 is 1.32 bits per heavy atom. The number of amides is 1. The fourth-order valence-corrected chi connectivity index (χ4v) is 4.15. The molecule has 1 amide bonds. The molecule has 3 rings (SSSR count). The molecule has 0 radical (unpaired) electrons. The van der Waals surface area contributed by atoms with Gasteiger partial charge in [-0.05, 0) is 55.5 Å². The van der Waals surface area contributed by atoms with Crippen molar-refractivity contribution in [2.45, 2.75) is 32.2 Å². The van der Waals surface area contributed by atoms with Gasteiger partial charge in [-0.15, -0.1) is 12.4 Å². The Balaban J connectivity index is 0.00000225. The molecular weight excluding hydrogens is 381 g/mol. The molecular formula is C18H26Cl3N3O. The molecule has 2 aliphatic rings. The lowest BCUT2D eigenvalue weighted by atomic mass is 9.90. The van der Waals surface area contributed by atoms with E-state index in [1.54, 1.807) is 0 Å². The fraction of sp³-hybridized carbons (Fsp3) is 0.611. The molecule has 0 saturated carbocycles. The molecule has 0 aromatic heterocycles. The van der Waals surface area contributed by atoms with E-state index in [4.69, 9.17) is 28.9 Å². The third kappa shape index (κ3) is 4.61. The molecule has 1 aromatic rings. The molecule has 140 valence electrons. The van der Waals surface area contributed by atoms with Crippen LogP contribution in [0.5, 0.6) is 0 Å². The van der Waals surface area contributed by atoms with Gasteiger partial charge in [-0.3, -0.25) is 9.69 Å². The maximum atomic E-state index is 12.8. The van der Waals surface area contributed by atoms with Crippen LogP contribution < -0.4 is 5.73 Å². The van der Waals surface area contributed by atoms with Crippen LogP contribution in [0.4, 0.5) is 0 Å². The number of hydrogen-bond acceptors (Lipinski definition) is 3. The minimum Gasteiger partial charge on any atom is -0.335 e. The summed E-state index contributed by atoms with van der Waals surface area (Å²) in [6.45, 7) is 6.02. The Morgan fingerprint density at radius 2 is 2.08 bits per heavy atom. The van der Waals surface area contributed by atoms with Crippen LogP contribution in [0.3, 0.4) is 0 Å². The third-order valence-corrected chi connectivity index (χ3v) is 6.13. The average Bonchev–Trinajstić information content (AvgIpc) is 3.18. The normalized spacial score (nSPS) is 26.7. The number of benzene rings is 1. The Hall–Kier alpha value is -0.520. The van der Waals surface area contributed by atoms with Gasteiger partial charge in [0.25, 0.3) is 0 Å². The molecule has 1 aromatic carbocycles. The molecule has 4 nitrogen and oxygen atoms in total. The molecule has 25 heavy (non-hydrogen) atoms. The number of nitrogens with two attached hydrogens (primary N) is 1. The number of rotatable bonds is 4. The number of likely N-dealkylation sites (tertiary alicyclic amines) is 2. The van der Waals surface area contributed by atoms with Crippen LogP contribution in [-0.4, -0.2) is 48.4 Å². The molecule has 7 heteroatoms. The zero-order valence-electron chi connectivity index (χ0n) is 14.5. The molecule has 2 N–H and O–H groups in total. The predicted molar refractivity (Wildman–Crippen MR) is 106 cm³/mol. The summed E-state index contributed by atoms with van der Waals surface area (Å²) in [6, 6.07) is 5.79. The highest BCUT2D eigenvalue weighted by molar-refractivity contribution is 6.42. The lowest BCUT2D eigenvalue weighted by Gasteiger charge is -2.28. The first-order valence-corrected chi connectivity index (χ1v) is 9.34. The second-order valence-electron chi connectivity index (χ2n) is 7.39. The Morgan fingerprint density at radius 3 is 2.72 bits per heavy atom. The fourth-order valence-electron chi connectivity index (χ4n) is 3.84. The van der Waals surface area contributed by atoms with E-state index in [-0.39, 0.29) is 29.8 Å². The average molecular weight is 407 g/mol. The van der Waals surface area contributed by atoms with Crippen LogP contribution in [0.15, 0.2) is 18.2 Å². The third-order valence-electron chi connectivity index (χ3n) is 5.39. The molecule has 0 spiro atoms. The van der Waals surface area contributed by atoms with Crippen LogP contribution in [0.2, 0.25) is 10.0 Å². The molecule has 2 heterocycles. The first kappa shape index (κ1) is 20.8. The molecule has 2 aliphatic heterocycles. The summed E-state index contributed by atoms with van der Waals surface area (Å²) in [4.78, 5) is 17.1. The van der Waals surface area contributed by atoms with Gasteiger partial charge >= 0.3 is 0 Å². The molecule has 2 unspecified atom stereocenters. The van der Waals surface area contributed by atoms with Gasteiger partial charge in [-0.25, -0.2) is 0 Å². The van der Waals surface area contributed by atoms with Crippen molar-refractivity contribution >= 4 is 41.5 Å². The lowest BCUT2D eigenvalue weighted by molar-refractivity contribution is -0.133. The summed E-state index contributed by atoms with van der Waals surface area (Å²) >= 11 is 12.2. The SMILES string of the molecule is CC1(CN)CCN(CC(=O)N2CCCC2c2ccc(Cl)c(Cl)c2)C1.Cl. The number of nitrogens with zero attached hydrogens (tertiary/aromatic N) is 2. The minimum absolute atomic E-state index is 0. The molecule has 2 saturated heterocycles. The van der Waals surface area contributed by atoms with Gasteiger partial charge < -0.3 is 10.6 Å².